The van der Waals surface area contributed by atoms with Gasteiger partial charge in [0.1, 0.15) is 11.6 Å². The Kier molecular flexibility index (Phi) is 7.30. The number of likely N-dealkylation sites (tertiary alicyclic amines) is 1. The van der Waals surface area contributed by atoms with E-state index in [0.29, 0.717) is 5.92 Å². The molecule has 3 heterocycles. The van der Waals surface area contributed by atoms with Gasteiger partial charge in [-0.05, 0) is 60.8 Å². The maximum absolute atomic E-state index is 14.1. The molecule has 2 aliphatic rings. The molecule has 0 aliphatic carbocycles. The van der Waals surface area contributed by atoms with Crippen LogP contribution in [0.2, 0.25) is 0 Å². The summed E-state index contributed by atoms with van der Waals surface area (Å²) in [6.45, 7) is 20.2. The lowest BCUT2D eigenvalue weighted by molar-refractivity contribution is 0.262. The van der Waals surface area contributed by atoms with E-state index in [1.165, 1.54) is 5.70 Å². The standard InChI is InChI=1S/C29H39FN4/c1-22(19-29(3,4)5)33-15-9-16-34(21-33)28-13-8-12-27(31-28)23(2)32-17-14-24(20-32)18-25-10-6-7-11-26(25)30/h6-8,10-13,24H,1-2,9,14-21H2,3-5H3. The maximum atomic E-state index is 14.1. The predicted octanol–water partition coefficient (Wildman–Crippen LogP) is 6.18. The fourth-order valence-corrected chi connectivity index (χ4v) is 5.11. The van der Waals surface area contributed by atoms with Gasteiger partial charge in [0.25, 0.3) is 0 Å². The van der Waals surface area contributed by atoms with E-state index in [9.17, 15) is 4.39 Å². The van der Waals surface area contributed by atoms with Gasteiger partial charge >= 0.3 is 0 Å². The van der Waals surface area contributed by atoms with Crippen molar-refractivity contribution in [2.24, 2.45) is 11.3 Å². The zero-order chi connectivity index (χ0) is 24.3. The molecule has 2 aliphatic heterocycles. The number of halogens is 1. The van der Waals surface area contributed by atoms with Crippen LogP contribution < -0.4 is 4.90 Å². The van der Waals surface area contributed by atoms with Crippen LogP contribution in [-0.2, 0) is 6.42 Å². The van der Waals surface area contributed by atoms with Crippen LogP contribution >= 0.6 is 0 Å². The predicted molar refractivity (Wildman–Crippen MR) is 140 cm³/mol. The number of nitrogens with zero attached hydrogens (tertiary/aromatic N) is 4. The fraction of sp³-hybridized carbons (Fsp3) is 0.483. The van der Waals surface area contributed by atoms with Crippen molar-refractivity contribution >= 4 is 11.5 Å². The minimum Gasteiger partial charge on any atom is -0.370 e. The lowest BCUT2D eigenvalue weighted by Gasteiger charge is -2.40. The first-order chi connectivity index (χ1) is 16.2. The summed E-state index contributed by atoms with van der Waals surface area (Å²) in [4.78, 5) is 12.1. The Morgan fingerprint density at radius 3 is 2.59 bits per heavy atom. The van der Waals surface area contributed by atoms with Gasteiger partial charge in [-0.2, -0.15) is 0 Å². The van der Waals surface area contributed by atoms with E-state index in [1.54, 1.807) is 12.1 Å². The van der Waals surface area contributed by atoms with Crippen LogP contribution in [0.5, 0.6) is 0 Å². The lowest BCUT2D eigenvalue weighted by atomic mass is 9.90. The van der Waals surface area contributed by atoms with Gasteiger partial charge in [-0.1, -0.05) is 58.2 Å². The number of pyridine rings is 1. The van der Waals surface area contributed by atoms with Crippen molar-refractivity contribution in [1.29, 1.82) is 0 Å². The molecule has 0 bridgehead atoms. The highest BCUT2D eigenvalue weighted by molar-refractivity contribution is 5.61. The largest absolute Gasteiger partial charge is 0.370 e. The van der Waals surface area contributed by atoms with Crippen molar-refractivity contribution in [2.75, 3.05) is 37.7 Å². The third kappa shape index (κ3) is 5.99. The number of benzene rings is 1. The topological polar surface area (TPSA) is 22.6 Å². The van der Waals surface area contributed by atoms with Crippen molar-refractivity contribution in [3.05, 3.63) is 78.4 Å². The minimum absolute atomic E-state index is 0.102. The zero-order valence-corrected chi connectivity index (χ0v) is 21.1. The van der Waals surface area contributed by atoms with Crippen molar-refractivity contribution in [3.63, 3.8) is 0 Å². The highest BCUT2D eigenvalue weighted by Crippen LogP contribution is 2.30. The van der Waals surface area contributed by atoms with E-state index in [2.05, 4.69) is 66.8 Å². The van der Waals surface area contributed by atoms with Crippen LogP contribution in [0.3, 0.4) is 0 Å². The number of anilines is 1. The van der Waals surface area contributed by atoms with Crippen molar-refractivity contribution in [1.82, 2.24) is 14.8 Å². The van der Waals surface area contributed by atoms with Gasteiger partial charge in [-0.3, -0.25) is 0 Å². The number of hydrogen-bond acceptors (Lipinski definition) is 4. The summed E-state index contributed by atoms with van der Waals surface area (Å²) in [5.41, 5.74) is 4.13. The summed E-state index contributed by atoms with van der Waals surface area (Å²) in [5, 5.41) is 0. The van der Waals surface area contributed by atoms with Crippen molar-refractivity contribution < 1.29 is 4.39 Å². The molecule has 4 rings (SSSR count). The molecule has 34 heavy (non-hydrogen) atoms. The Labute approximate surface area is 204 Å². The molecule has 0 amide bonds. The molecule has 1 unspecified atom stereocenters. The van der Waals surface area contributed by atoms with Crippen molar-refractivity contribution in [2.45, 2.75) is 46.5 Å². The second kappa shape index (κ2) is 10.2. The van der Waals surface area contributed by atoms with Crippen LogP contribution in [0.1, 0.15) is 51.3 Å². The van der Waals surface area contributed by atoms with E-state index in [-0.39, 0.29) is 11.2 Å². The first-order valence-electron chi connectivity index (χ1n) is 12.5. The van der Waals surface area contributed by atoms with Gasteiger partial charge < -0.3 is 14.7 Å². The van der Waals surface area contributed by atoms with Gasteiger partial charge in [0, 0.05) is 31.9 Å². The maximum Gasteiger partial charge on any atom is 0.130 e. The number of allylic oxidation sites excluding steroid dienone is 1. The molecule has 1 atom stereocenters. The third-order valence-corrected chi connectivity index (χ3v) is 6.87. The number of aromatic nitrogens is 1. The molecule has 1 aromatic carbocycles. The first kappa shape index (κ1) is 24.3. The molecule has 4 nitrogen and oxygen atoms in total. The summed E-state index contributed by atoms with van der Waals surface area (Å²) < 4.78 is 14.1. The Morgan fingerprint density at radius 2 is 1.82 bits per heavy atom. The van der Waals surface area contributed by atoms with Gasteiger partial charge in [0.05, 0.1) is 18.1 Å². The molecule has 5 heteroatoms. The van der Waals surface area contributed by atoms with E-state index in [4.69, 9.17) is 4.98 Å². The lowest BCUT2D eigenvalue weighted by Crippen LogP contribution is -2.45. The summed E-state index contributed by atoms with van der Waals surface area (Å²) >= 11 is 0. The van der Waals surface area contributed by atoms with Crippen LogP contribution in [0.15, 0.2) is 61.3 Å². The Balaban J connectivity index is 1.39. The highest BCUT2D eigenvalue weighted by Gasteiger charge is 2.26. The summed E-state index contributed by atoms with van der Waals surface area (Å²) in [5.74, 6) is 1.32. The first-order valence-corrected chi connectivity index (χ1v) is 12.5. The second-order valence-corrected chi connectivity index (χ2v) is 11.0. The van der Waals surface area contributed by atoms with Crippen LogP contribution in [0.4, 0.5) is 10.2 Å². The monoisotopic (exact) mass is 462 g/mol. The quantitative estimate of drug-likeness (QED) is 0.490. The van der Waals surface area contributed by atoms with Gasteiger partial charge in [0.15, 0.2) is 0 Å². The molecule has 2 saturated heterocycles. The van der Waals surface area contributed by atoms with E-state index >= 15 is 0 Å². The zero-order valence-electron chi connectivity index (χ0n) is 21.1. The minimum atomic E-state index is -0.102. The molecule has 0 radical (unpaired) electrons. The SMILES string of the molecule is C=C(CC(C)(C)C)N1CCCN(c2cccc(C(=C)N3CCC(Cc4ccccc4F)C3)n2)C1. The molecule has 182 valence electrons. The van der Waals surface area contributed by atoms with Gasteiger partial charge in [-0.15, -0.1) is 0 Å². The summed E-state index contributed by atoms with van der Waals surface area (Å²) in [6.07, 6.45) is 3.91. The van der Waals surface area contributed by atoms with Gasteiger partial charge in [0.2, 0.25) is 0 Å². The molecular formula is C29H39FN4. The Morgan fingerprint density at radius 1 is 1.03 bits per heavy atom. The van der Waals surface area contributed by atoms with Gasteiger partial charge in [-0.25, -0.2) is 9.37 Å². The molecule has 2 aromatic rings. The van der Waals surface area contributed by atoms with E-state index in [1.807, 2.05) is 12.1 Å². The Hall–Kier alpha value is -2.82. The van der Waals surface area contributed by atoms with Crippen LogP contribution in [0.25, 0.3) is 5.70 Å². The second-order valence-electron chi connectivity index (χ2n) is 11.0. The van der Waals surface area contributed by atoms with Crippen LogP contribution in [-0.4, -0.2) is 47.6 Å². The van der Waals surface area contributed by atoms with E-state index in [0.717, 1.165) is 81.3 Å². The number of rotatable bonds is 7. The summed E-state index contributed by atoms with van der Waals surface area (Å²) in [7, 11) is 0. The third-order valence-electron chi connectivity index (χ3n) is 6.87. The van der Waals surface area contributed by atoms with Crippen LogP contribution in [0, 0.1) is 17.2 Å². The van der Waals surface area contributed by atoms with Crippen molar-refractivity contribution in [3.8, 4) is 0 Å². The molecule has 0 saturated carbocycles. The molecule has 1 aromatic heterocycles. The summed E-state index contributed by atoms with van der Waals surface area (Å²) in [6, 6.07) is 13.3. The molecule has 0 N–H and O–H groups in total. The highest BCUT2D eigenvalue weighted by atomic mass is 19.1. The molecule has 0 spiro atoms. The smallest absolute Gasteiger partial charge is 0.130 e. The molecule has 2 fully saturated rings. The Bertz CT molecular complexity index is 1020. The average molecular weight is 463 g/mol. The fourth-order valence-electron chi connectivity index (χ4n) is 5.11. The normalized spacial score (nSPS) is 18.9. The number of hydrogen-bond donors (Lipinski definition) is 0. The van der Waals surface area contributed by atoms with E-state index < -0.39 is 0 Å². The molecular weight excluding hydrogens is 423 g/mol. The average Bonchev–Trinajstić information content (AvgIpc) is 3.28.